The monoisotopic (exact) mass is 195 g/mol. The maximum absolute atomic E-state index is 10.7. The number of hydrogen-bond donors (Lipinski definition) is 1. The van der Waals surface area contributed by atoms with Crippen LogP contribution in [0.4, 0.5) is 5.69 Å². The quantitative estimate of drug-likeness (QED) is 0.751. The molecule has 0 aliphatic carbocycles. The summed E-state index contributed by atoms with van der Waals surface area (Å²) in [6, 6.07) is 7.86. The lowest BCUT2D eigenvalue weighted by Gasteiger charge is -2.02. The van der Waals surface area contributed by atoms with E-state index in [1.54, 1.807) is 11.8 Å². The fraction of sp³-hybridized carbons (Fsp3) is 0.300. The van der Waals surface area contributed by atoms with Gasteiger partial charge in [-0.3, -0.25) is 4.79 Å². The number of nitrogens with one attached hydrogen (secondary N) is 1. The Morgan fingerprint density at radius 2 is 2.00 bits per heavy atom. The summed E-state index contributed by atoms with van der Waals surface area (Å²) in [5.74, 6) is 1.04. The minimum absolute atomic E-state index is 0.0316. The van der Waals surface area contributed by atoms with Crippen LogP contribution in [-0.2, 0) is 4.79 Å². The highest BCUT2D eigenvalue weighted by molar-refractivity contribution is 7.99. The van der Waals surface area contributed by atoms with Gasteiger partial charge in [-0.05, 0) is 30.0 Å². The maximum Gasteiger partial charge on any atom is 0.221 e. The maximum atomic E-state index is 10.7. The third kappa shape index (κ3) is 3.51. The Morgan fingerprint density at radius 1 is 1.38 bits per heavy atom. The average Bonchev–Trinajstić information content (AvgIpc) is 2.08. The van der Waals surface area contributed by atoms with E-state index in [4.69, 9.17) is 0 Å². The molecule has 2 nitrogen and oxygen atoms in total. The molecule has 0 saturated carbocycles. The molecule has 1 N–H and O–H groups in total. The molecule has 13 heavy (non-hydrogen) atoms. The number of rotatable bonds is 3. The number of thioether (sulfide) groups is 1. The van der Waals surface area contributed by atoms with Crippen LogP contribution in [0.5, 0.6) is 0 Å². The molecule has 0 saturated heterocycles. The Bertz CT molecular complexity index is 281. The molecule has 0 bridgehead atoms. The van der Waals surface area contributed by atoms with Gasteiger partial charge in [-0.25, -0.2) is 0 Å². The van der Waals surface area contributed by atoms with Gasteiger partial charge >= 0.3 is 0 Å². The lowest BCUT2D eigenvalue weighted by Crippen LogP contribution is -2.05. The molecule has 1 amide bonds. The normalized spacial score (nSPS) is 9.69. The van der Waals surface area contributed by atoms with Crippen molar-refractivity contribution in [1.82, 2.24) is 0 Å². The van der Waals surface area contributed by atoms with Crippen molar-refractivity contribution in [2.24, 2.45) is 0 Å². The van der Waals surface area contributed by atoms with Crippen LogP contribution in [0.3, 0.4) is 0 Å². The van der Waals surface area contributed by atoms with Gasteiger partial charge in [0.05, 0.1) is 0 Å². The van der Waals surface area contributed by atoms with Crippen molar-refractivity contribution in [1.29, 1.82) is 0 Å². The lowest BCUT2D eigenvalue weighted by molar-refractivity contribution is -0.114. The van der Waals surface area contributed by atoms with Crippen molar-refractivity contribution < 1.29 is 4.79 Å². The molecular weight excluding hydrogens is 182 g/mol. The number of anilines is 1. The van der Waals surface area contributed by atoms with E-state index < -0.39 is 0 Å². The summed E-state index contributed by atoms with van der Waals surface area (Å²) in [6.07, 6.45) is 0. The molecule has 0 radical (unpaired) electrons. The minimum atomic E-state index is -0.0316. The van der Waals surface area contributed by atoms with E-state index in [0.717, 1.165) is 11.4 Å². The predicted molar refractivity (Wildman–Crippen MR) is 57.1 cm³/mol. The Balaban J connectivity index is 2.64. The van der Waals surface area contributed by atoms with Crippen LogP contribution in [0.25, 0.3) is 0 Å². The Kier molecular flexibility index (Phi) is 3.83. The zero-order chi connectivity index (χ0) is 9.68. The first-order valence-corrected chi connectivity index (χ1v) is 5.21. The summed E-state index contributed by atoms with van der Waals surface area (Å²) in [5, 5.41) is 2.73. The summed E-state index contributed by atoms with van der Waals surface area (Å²) in [6.45, 7) is 3.63. The second-order valence-corrected chi connectivity index (χ2v) is 3.98. The molecule has 0 aliphatic heterocycles. The van der Waals surface area contributed by atoms with Crippen molar-refractivity contribution in [2.75, 3.05) is 11.1 Å². The highest BCUT2D eigenvalue weighted by Gasteiger charge is 1.95. The van der Waals surface area contributed by atoms with Crippen molar-refractivity contribution in [3.63, 3.8) is 0 Å². The molecular formula is C10H13NOS. The summed E-state index contributed by atoms with van der Waals surface area (Å²) in [4.78, 5) is 11.9. The molecule has 0 aromatic heterocycles. The molecule has 1 rings (SSSR count). The summed E-state index contributed by atoms with van der Waals surface area (Å²) < 4.78 is 0. The predicted octanol–water partition coefficient (Wildman–Crippen LogP) is 2.76. The van der Waals surface area contributed by atoms with E-state index in [9.17, 15) is 4.79 Å². The van der Waals surface area contributed by atoms with E-state index in [1.807, 2.05) is 24.3 Å². The standard InChI is InChI=1S/C10H13NOS/c1-3-13-10-6-4-9(5-7-10)11-8(2)12/h4-7H,3H2,1-2H3,(H,11,12). The van der Waals surface area contributed by atoms with Crippen LogP contribution in [0, 0.1) is 0 Å². The molecule has 1 aromatic carbocycles. The molecule has 0 spiro atoms. The van der Waals surface area contributed by atoms with Gasteiger partial charge in [-0.15, -0.1) is 11.8 Å². The van der Waals surface area contributed by atoms with Gasteiger partial charge in [0, 0.05) is 17.5 Å². The SMILES string of the molecule is CCSc1ccc(NC(C)=O)cc1. The lowest BCUT2D eigenvalue weighted by atomic mass is 10.3. The van der Waals surface area contributed by atoms with Gasteiger partial charge in [0.25, 0.3) is 0 Å². The first-order chi connectivity index (χ1) is 6.22. The zero-order valence-corrected chi connectivity index (χ0v) is 8.65. The van der Waals surface area contributed by atoms with E-state index in [-0.39, 0.29) is 5.91 Å². The third-order valence-corrected chi connectivity index (χ3v) is 2.38. The number of carbonyl (C=O) groups is 1. The first-order valence-electron chi connectivity index (χ1n) is 4.23. The van der Waals surface area contributed by atoms with Crippen molar-refractivity contribution in [2.45, 2.75) is 18.7 Å². The van der Waals surface area contributed by atoms with Gasteiger partial charge < -0.3 is 5.32 Å². The number of benzene rings is 1. The van der Waals surface area contributed by atoms with Crippen LogP contribution in [0.1, 0.15) is 13.8 Å². The van der Waals surface area contributed by atoms with Gasteiger partial charge in [0.2, 0.25) is 5.91 Å². The topological polar surface area (TPSA) is 29.1 Å². The van der Waals surface area contributed by atoms with Gasteiger partial charge in [0.1, 0.15) is 0 Å². The highest BCUT2D eigenvalue weighted by atomic mass is 32.2. The van der Waals surface area contributed by atoms with Crippen LogP contribution in [0.2, 0.25) is 0 Å². The van der Waals surface area contributed by atoms with Crippen LogP contribution < -0.4 is 5.32 Å². The second-order valence-electron chi connectivity index (χ2n) is 2.64. The Hall–Kier alpha value is -0.960. The first kappa shape index (κ1) is 10.1. The minimum Gasteiger partial charge on any atom is -0.326 e. The van der Waals surface area contributed by atoms with Gasteiger partial charge in [-0.1, -0.05) is 6.92 Å². The molecule has 0 aliphatic rings. The van der Waals surface area contributed by atoms with E-state index >= 15 is 0 Å². The van der Waals surface area contributed by atoms with Crippen molar-refractivity contribution in [3.05, 3.63) is 24.3 Å². The second kappa shape index (κ2) is 4.92. The Labute approximate surface area is 82.7 Å². The van der Waals surface area contributed by atoms with Crippen molar-refractivity contribution >= 4 is 23.4 Å². The fourth-order valence-corrected chi connectivity index (χ4v) is 1.67. The number of amides is 1. The summed E-state index contributed by atoms with van der Waals surface area (Å²) in [5.41, 5.74) is 0.855. The summed E-state index contributed by atoms with van der Waals surface area (Å²) >= 11 is 1.79. The molecule has 3 heteroatoms. The molecule has 1 aromatic rings. The van der Waals surface area contributed by atoms with Crippen LogP contribution in [-0.4, -0.2) is 11.7 Å². The van der Waals surface area contributed by atoms with E-state index in [2.05, 4.69) is 12.2 Å². The molecule has 70 valence electrons. The molecule has 0 unspecified atom stereocenters. The van der Waals surface area contributed by atoms with Crippen LogP contribution >= 0.6 is 11.8 Å². The fourth-order valence-electron chi connectivity index (χ4n) is 1.00. The van der Waals surface area contributed by atoms with Crippen molar-refractivity contribution in [3.8, 4) is 0 Å². The smallest absolute Gasteiger partial charge is 0.221 e. The van der Waals surface area contributed by atoms with Gasteiger partial charge in [0.15, 0.2) is 0 Å². The largest absolute Gasteiger partial charge is 0.326 e. The highest BCUT2D eigenvalue weighted by Crippen LogP contribution is 2.19. The van der Waals surface area contributed by atoms with Gasteiger partial charge in [-0.2, -0.15) is 0 Å². The molecule has 0 atom stereocenters. The molecule has 0 fully saturated rings. The Morgan fingerprint density at radius 3 is 2.46 bits per heavy atom. The number of hydrogen-bond acceptors (Lipinski definition) is 2. The molecule has 0 heterocycles. The summed E-state index contributed by atoms with van der Waals surface area (Å²) in [7, 11) is 0. The zero-order valence-electron chi connectivity index (χ0n) is 7.83. The third-order valence-electron chi connectivity index (χ3n) is 1.49. The number of carbonyl (C=O) groups excluding carboxylic acids is 1. The van der Waals surface area contributed by atoms with E-state index in [0.29, 0.717) is 0 Å². The van der Waals surface area contributed by atoms with Crippen LogP contribution in [0.15, 0.2) is 29.2 Å². The van der Waals surface area contributed by atoms with E-state index in [1.165, 1.54) is 11.8 Å². The average molecular weight is 195 g/mol.